The summed E-state index contributed by atoms with van der Waals surface area (Å²) in [5, 5.41) is 2.85. The molecule has 1 rings (SSSR count). The summed E-state index contributed by atoms with van der Waals surface area (Å²) < 4.78 is 10.4. The fraction of sp³-hybridized carbons (Fsp3) is 0.438. The van der Waals surface area contributed by atoms with E-state index in [9.17, 15) is 4.79 Å². The minimum absolute atomic E-state index is 0.0829. The van der Waals surface area contributed by atoms with Crippen molar-refractivity contribution in [3.8, 4) is 11.5 Å². The largest absolute Gasteiger partial charge is 0.493 e. The zero-order chi connectivity index (χ0) is 15.0. The summed E-state index contributed by atoms with van der Waals surface area (Å²) in [6, 6.07) is 5.52. The molecule has 0 fully saturated rings. The van der Waals surface area contributed by atoms with E-state index < -0.39 is 0 Å². The van der Waals surface area contributed by atoms with E-state index >= 15 is 0 Å². The van der Waals surface area contributed by atoms with Gasteiger partial charge in [-0.3, -0.25) is 4.79 Å². The topological polar surface area (TPSA) is 47.6 Å². The molecule has 0 aliphatic rings. The van der Waals surface area contributed by atoms with Gasteiger partial charge in [-0.2, -0.15) is 0 Å². The third-order valence-electron chi connectivity index (χ3n) is 2.86. The first kappa shape index (κ1) is 16.1. The fourth-order valence-corrected chi connectivity index (χ4v) is 1.67. The van der Waals surface area contributed by atoms with Crippen molar-refractivity contribution < 1.29 is 14.3 Å². The van der Waals surface area contributed by atoms with Crippen molar-refractivity contribution in [1.82, 2.24) is 5.32 Å². The standard InChI is InChI=1S/C16H23NO3/c1-12(2)9-10-17-16(18)8-6-13-5-7-14(19-3)15(11-13)20-4/h5-8,11-12H,9-10H2,1-4H3,(H,17,18). The predicted molar refractivity (Wildman–Crippen MR) is 81.0 cm³/mol. The molecule has 4 nitrogen and oxygen atoms in total. The van der Waals surface area contributed by atoms with Gasteiger partial charge in [-0.05, 0) is 36.1 Å². The number of ether oxygens (including phenoxy) is 2. The number of amides is 1. The van der Waals surface area contributed by atoms with Gasteiger partial charge in [0, 0.05) is 12.6 Å². The molecule has 0 saturated carbocycles. The van der Waals surface area contributed by atoms with E-state index in [0.29, 0.717) is 24.0 Å². The van der Waals surface area contributed by atoms with Crippen LogP contribution < -0.4 is 14.8 Å². The van der Waals surface area contributed by atoms with E-state index in [1.54, 1.807) is 20.3 Å². The molecule has 1 aromatic carbocycles. The number of carbonyl (C=O) groups is 1. The monoisotopic (exact) mass is 277 g/mol. The van der Waals surface area contributed by atoms with Crippen LogP contribution in [0.5, 0.6) is 11.5 Å². The van der Waals surface area contributed by atoms with Crippen LogP contribution >= 0.6 is 0 Å². The van der Waals surface area contributed by atoms with E-state index in [1.165, 1.54) is 6.08 Å². The van der Waals surface area contributed by atoms with Crippen molar-refractivity contribution in [3.63, 3.8) is 0 Å². The molecule has 0 unspecified atom stereocenters. The van der Waals surface area contributed by atoms with Crippen molar-refractivity contribution in [2.75, 3.05) is 20.8 Å². The summed E-state index contributed by atoms with van der Waals surface area (Å²) >= 11 is 0. The average molecular weight is 277 g/mol. The minimum Gasteiger partial charge on any atom is -0.493 e. The second-order valence-electron chi connectivity index (χ2n) is 4.92. The molecule has 0 saturated heterocycles. The lowest BCUT2D eigenvalue weighted by Crippen LogP contribution is -2.23. The van der Waals surface area contributed by atoms with E-state index in [1.807, 2.05) is 18.2 Å². The first-order valence-corrected chi connectivity index (χ1v) is 6.74. The third kappa shape index (κ3) is 5.34. The van der Waals surface area contributed by atoms with Gasteiger partial charge >= 0.3 is 0 Å². The second kappa shape index (κ2) is 8.25. The van der Waals surface area contributed by atoms with Crippen molar-refractivity contribution in [2.45, 2.75) is 20.3 Å². The molecular weight excluding hydrogens is 254 g/mol. The fourth-order valence-electron chi connectivity index (χ4n) is 1.67. The van der Waals surface area contributed by atoms with Crippen molar-refractivity contribution >= 4 is 12.0 Å². The Morgan fingerprint density at radius 2 is 1.95 bits per heavy atom. The molecule has 110 valence electrons. The van der Waals surface area contributed by atoms with E-state index in [-0.39, 0.29) is 5.91 Å². The van der Waals surface area contributed by atoms with Crippen LogP contribution in [0.25, 0.3) is 6.08 Å². The maximum atomic E-state index is 11.6. The van der Waals surface area contributed by atoms with E-state index in [2.05, 4.69) is 19.2 Å². The molecule has 0 aliphatic heterocycles. The quantitative estimate of drug-likeness (QED) is 0.780. The molecule has 0 spiro atoms. The molecule has 0 radical (unpaired) electrons. The number of rotatable bonds is 7. The van der Waals surface area contributed by atoms with Crippen LogP contribution in [0.15, 0.2) is 24.3 Å². The van der Waals surface area contributed by atoms with Gasteiger partial charge in [0.2, 0.25) is 5.91 Å². The maximum Gasteiger partial charge on any atom is 0.243 e. The highest BCUT2D eigenvalue weighted by atomic mass is 16.5. The van der Waals surface area contributed by atoms with Crippen LogP contribution in [0.2, 0.25) is 0 Å². The first-order valence-electron chi connectivity index (χ1n) is 6.74. The van der Waals surface area contributed by atoms with Gasteiger partial charge in [0.05, 0.1) is 14.2 Å². The number of hydrogen-bond acceptors (Lipinski definition) is 3. The Balaban J connectivity index is 2.59. The lowest BCUT2D eigenvalue weighted by atomic mass is 10.1. The number of methoxy groups -OCH3 is 2. The third-order valence-corrected chi connectivity index (χ3v) is 2.86. The van der Waals surface area contributed by atoms with Gasteiger partial charge in [0.1, 0.15) is 0 Å². The van der Waals surface area contributed by atoms with E-state index in [0.717, 1.165) is 12.0 Å². The Morgan fingerprint density at radius 1 is 1.25 bits per heavy atom. The summed E-state index contributed by atoms with van der Waals surface area (Å²) in [5.41, 5.74) is 0.890. The molecule has 1 aromatic rings. The summed E-state index contributed by atoms with van der Waals surface area (Å²) in [6.45, 7) is 4.96. The Kier molecular flexibility index (Phi) is 6.64. The molecule has 0 atom stereocenters. The molecule has 0 bridgehead atoms. The van der Waals surface area contributed by atoms with Crippen molar-refractivity contribution in [3.05, 3.63) is 29.8 Å². The van der Waals surface area contributed by atoms with Gasteiger partial charge < -0.3 is 14.8 Å². The molecule has 20 heavy (non-hydrogen) atoms. The number of carbonyl (C=O) groups excluding carboxylic acids is 1. The number of nitrogens with one attached hydrogen (secondary N) is 1. The first-order chi connectivity index (χ1) is 9.56. The van der Waals surface area contributed by atoms with Crippen molar-refractivity contribution in [1.29, 1.82) is 0 Å². The van der Waals surface area contributed by atoms with Crippen LogP contribution in [0, 0.1) is 5.92 Å². The molecule has 4 heteroatoms. The normalized spacial score (nSPS) is 10.8. The van der Waals surface area contributed by atoms with Crippen LogP contribution in [-0.2, 0) is 4.79 Å². The predicted octanol–water partition coefficient (Wildman–Crippen LogP) is 2.88. The summed E-state index contributed by atoms with van der Waals surface area (Å²) in [5.74, 6) is 1.83. The maximum absolute atomic E-state index is 11.6. The van der Waals surface area contributed by atoms with Crippen LogP contribution in [0.4, 0.5) is 0 Å². The van der Waals surface area contributed by atoms with Gasteiger partial charge in [0.15, 0.2) is 11.5 Å². The minimum atomic E-state index is -0.0829. The van der Waals surface area contributed by atoms with Crippen LogP contribution in [0.3, 0.4) is 0 Å². The highest BCUT2D eigenvalue weighted by Gasteiger charge is 2.03. The zero-order valence-electron chi connectivity index (χ0n) is 12.6. The van der Waals surface area contributed by atoms with Crippen molar-refractivity contribution in [2.24, 2.45) is 5.92 Å². The smallest absolute Gasteiger partial charge is 0.243 e. The SMILES string of the molecule is COc1ccc(C=CC(=O)NCCC(C)C)cc1OC. The lowest BCUT2D eigenvalue weighted by Gasteiger charge is -2.07. The van der Waals surface area contributed by atoms with Crippen LogP contribution in [0.1, 0.15) is 25.8 Å². The van der Waals surface area contributed by atoms with Crippen LogP contribution in [-0.4, -0.2) is 26.7 Å². The molecule has 0 aromatic heterocycles. The highest BCUT2D eigenvalue weighted by molar-refractivity contribution is 5.91. The summed E-state index contributed by atoms with van der Waals surface area (Å²) in [4.78, 5) is 11.6. The summed E-state index contributed by atoms with van der Waals surface area (Å²) in [6.07, 6.45) is 4.27. The van der Waals surface area contributed by atoms with Gasteiger partial charge in [-0.1, -0.05) is 19.9 Å². The second-order valence-corrected chi connectivity index (χ2v) is 4.92. The molecule has 1 amide bonds. The number of hydrogen-bond donors (Lipinski definition) is 1. The Morgan fingerprint density at radius 3 is 2.55 bits per heavy atom. The highest BCUT2D eigenvalue weighted by Crippen LogP contribution is 2.27. The van der Waals surface area contributed by atoms with Gasteiger partial charge in [-0.15, -0.1) is 0 Å². The van der Waals surface area contributed by atoms with Gasteiger partial charge in [0.25, 0.3) is 0 Å². The molecule has 0 aliphatic carbocycles. The average Bonchev–Trinajstić information content (AvgIpc) is 2.44. The zero-order valence-corrected chi connectivity index (χ0v) is 12.6. The Hall–Kier alpha value is -1.97. The van der Waals surface area contributed by atoms with Gasteiger partial charge in [-0.25, -0.2) is 0 Å². The Labute approximate surface area is 120 Å². The lowest BCUT2D eigenvalue weighted by molar-refractivity contribution is -0.116. The van der Waals surface area contributed by atoms with E-state index in [4.69, 9.17) is 9.47 Å². The molecule has 1 N–H and O–H groups in total. The summed E-state index contributed by atoms with van der Waals surface area (Å²) in [7, 11) is 3.18. The molecule has 0 heterocycles. The molecular formula is C16H23NO3. The number of benzene rings is 1. The Bertz CT molecular complexity index is 467.